The van der Waals surface area contributed by atoms with E-state index in [1.807, 2.05) is 0 Å². The second-order valence-corrected chi connectivity index (χ2v) is 6.43. The lowest BCUT2D eigenvalue weighted by molar-refractivity contribution is -0.384. The maximum atomic E-state index is 11.3. The summed E-state index contributed by atoms with van der Waals surface area (Å²) in [5.41, 5.74) is 1.84. The Balaban J connectivity index is 2.05. The second kappa shape index (κ2) is 7.18. The molecule has 0 aliphatic carbocycles. The molecule has 0 N–H and O–H groups in total. The quantitative estimate of drug-likeness (QED) is 0.607. The molecule has 0 spiro atoms. The molecular weight excluding hydrogens is 324 g/mol. The predicted molar refractivity (Wildman–Crippen MR) is 93.0 cm³/mol. The Morgan fingerprint density at radius 2 is 1.84 bits per heavy atom. The third kappa shape index (κ3) is 3.63. The molecule has 1 saturated heterocycles. The lowest BCUT2D eigenvalue weighted by atomic mass is 9.98. The van der Waals surface area contributed by atoms with Crippen LogP contribution in [0, 0.1) is 16.0 Å². The molecule has 0 unspecified atom stereocenters. The summed E-state index contributed by atoms with van der Waals surface area (Å²) in [5.74, 6) is 1.22. The number of fused-ring (bicyclic) bond motifs is 1. The third-order valence-corrected chi connectivity index (χ3v) is 4.64. The summed E-state index contributed by atoms with van der Waals surface area (Å²) in [4.78, 5) is 22.0. The number of nitro groups is 1. The predicted octanol–water partition coefficient (Wildman–Crippen LogP) is 2.79. The monoisotopic (exact) mass is 346 g/mol. The molecule has 3 rings (SSSR count). The Morgan fingerprint density at radius 3 is 2.44 bits per heavy atom. The van der Waals surface area contributed by atoms with E-state index in [4.69, 9.17) is 9.47 Å². The molecule has 134 valence electrons. The number of rotatable bonds is 5. The molecule has 1 aromatic carbocycles. The number of non-ortho nitro benzene ring substituents is 1. The minimum Gasteiger partial charge on any atom is -0.477 e. The van der Waals surface area contributed by atoms with Gasteiger partial charge in [-0.1, -0.05) is 6.92 Å². The van der Waals surface area contributed by atoms with E-state index in [0.717, 1.165) is 37.4 Å². The smallest absolute Gasteiger partial charge is 0.278 e. The lowest BCUT2D eigenvalue weighted by Crippen LogP contribution is -2.32. The van der Waals surface area contributed by atoms with Gasteiger partial charge >= 0.3 is 0 Å². The molecule has 1 aromatic heterocycles. The SMILES string of the molecule is COc1nc2cc([N+](=O)[O-])cc(CN3CCC(C)CC3)c2nc1OC. The Labute approximate surface area is 145 Å². The van der Waals surface area contributed by atoms with Gasteiger partial charge in [-0.3, -0.25) is 15.0 Å². The number of piperidine rings is 1. The Morgan fingerprint density at radius 1 is 1.20 bits per heavy atom. The van der Waals surface area contributed by atoms with Crippen molar-refractivity contribution in [3.05, 3.63) is 27.8 Å². The van der Waals surface area contributed by atoms with Crippen LogP contribution < -0.4 is 9.47 Å². The van der Waals surface area contributed by atoms with Crippen LogP contribution in [0.1, 0.15) is 25.3 Å². The highest BCUT2D eigenvalue weighted by Gasteiger charge is 2.21. The van der Waals surface area contributed by atoms with Crippen LogP contribution in [-0.4, -0.2) is 47.1 Å². The fraction of sp³-hybridized carbons (Fsp3) is 0.529. The molecule has 1 aliphatic rings. The minimum absolute atomic E-state index is 0.00870. The normalized spacial score (nSPS) is 16.1. The lowest BCUT2D eigenvalue weighted by Gasteiger charge is -2.30. The van der Waals surface area contributed by atoms with Crippen LogP contribution in [0.25, 0.3) is 11.0 Å². The summed E-state index contributed by atoms with van der Waals surface area (Å²) in [6.45, 7) is 4.82. The first-order valence-corrected chi connectivity index (χ1v) is 8.31. The van der Waals surface area contributed by atoms with Crippen molar-refractivity contribution in [1.29, 1.82) is 0 Å². The maximum absolute atomic E-state index is 11.3. The Hall–Kier alpha value is -2.48. The number of hydrogen-bond acceptors (Lipinski definition) is 7. The summed E-state index contributed by atoms with van der Waals surface area (Å²) in [5, 5.41) is 11.3. The van der Waals surface area contributed by atoms with Gasteiger partial charge in [0.05, 0.1) is 24.7 Å². The van der Waals surface area contributed by atoms with Crippen LogP contribution in [0.5, 0.6) is 11.8 Å². The van der Waals surface area contributed by atoms with Crippen molar-refractivity contribution in [2.75, 3.05) is 27.3 Å². The molecule has 0 atom stereocenters. The van der Waals surface area contributed by atoms with Crippen LogP contribution in [-0.2, 0) is 6.54 Å². The van der Waals surface area contributed by atoms with Crippen LogP contribution in [0.15, 0.2) is 12.1 Å². The fourth-order valence-electron chi connectivity index (χ4n) is 3.14. The van der Waals surface area contributed by atoms with E-state index >= 15 is 0 Å². The van der Waals surface area contributed by atoms with E-state index in [0.29, 0.717) is 17.6 Å². The highest BCUT2D eigenvalue weighted by Crippen LogP contribution is 2.31. The number of nitrogens with zero attached hydrogens (tertiary/aromatic N) is 4. The number of nitro benzene ring substituents is 1. The summed E-state index contributed by atoms with van der Waals surface area (Å²) < 4.78 is 10.4. The van der Waals surface area contributed by atoms with Crippen LogP contribution >= 0.6 is 0 Å². The van der Waals surface area contributed by atoms with Crippen molar-refractivity contribution in [2.45, 2.75) is 26.3 Å². The van der Waals surface area contributed by atoms with Gasteiger partial charge in [0.25, 0.3) is 17.4 Å². The van der Waals surface area contributed by atoms with Gasteiger partial charge in [0.1, 0.15) is 5.52 Å². The van der Waals surface area contributed by atoms with Gasteiger partial charge in [-0.15, -0.1) is 0 Å². The summed E-state index contributed by atoms with van der Waals surface area (Å²) >= 11 is 0. The van der Waals surface area contributed by atoms with Gasteiger partial charge < -0.3 is 9.47 Å². The van der Waals surface area contributed by atoms with E-state index < -0.39 is 4.92 Å². The minimum atomic E-state index is -0.403. The zero-order valence-corrected chi connectivity index (χ0v) is 14.7. The van der Waals surface area contributed by atoms with Crippen molar-refractivity contribution in [3.8, 4) is 11.8 Å². The molecule has 2 heterocycles. The Bertz CT molecular complexity index is 788. The van der Waals surface area contributed by atoms with Crippen molar-refractivity contribution in [3.63, 3.8) is 0 Å². The maximum Gasteiger partial charge on any atom is 0.278 e. The zero-order valence-electron chi connectivity index (χ0n) is 14.7. The number of methoxy groups -OCH3 is 2. The van der Waals surface area contributed by atoms with E-state index in [1.165, 1.54) is 20.3 Å². The van der Waals surface area contributed by atoms with Gasteiger partial charge in [0, 0.05) is 24.2 Å². The molecule has 0 bridgehead atoms. The van der Waals surface area contributed by atoms with Gasteiger partial charge in [0.2, 0.25) is 0 Å². The fourth-order valence-corrected chi connectivity index (χ4v) is 3.14. The molecule has 0 amide bonds. The largest absolute Gasteiger partial charge is 0.477 e. The van der Waals surface area contributed by atoms with Gasteiger partial charge in [-0.2, -0.15) is 0 Å². The summed E-state index contributed by atoms with van der Waals surface area (Å²) in [6.07, 6.45) is 2.27. The highest BCUT2D eigenvalue weighted by molar-refractivity contribution is 5.82. The molecule has 8 heteroatoms. The number of hydrogen-bond donors (Lipinski definition) is 0. The molecular formula is C17H22N4O4. The molecule has 0 saturated carbocycles. The summed E-state index contributed by atoms with van der Waals surface area (Å²) in [6, 6.07) is 3.01. The van der Waals surface area contributed by atoms with Gasteiger partial charge in [0.15, 0.2) is 0 Å². The summed E-state index contributed by atoms with van der Waals surface area (Å²) in [7, 11) is 2.96. The van der Waals surface area contributed by atoms with Gasteiger partial charge in [-0.05, 0) is 31.8 Å². The average Bonchev–Trinajstić information content (AvgIpc) is 2.62. The van der Waals surface area contributed by atoms with Crippen molar-refractivity contribution in [2.24, 2.45) is 5.92 Å². The number of aromatic nitrogens is 2. The highest BCUT2D eigenvalue weighted by atomic mass is 16.6. The van der Waals surface area contributed by atoms with Crippen molar-refractivity contribution >= 4 is 16.7 Å². The Kier molecular flexibility index (Phi) is 4.98. The first-order chi connectivity index (χ1) is 12.0. The first-order valence-electron chi connectivity index (χ1n) is 8.31. The van der Waals surface area contributed by atoms with E-state index in [-0.39, 0.29) is 17.4 Å². The molecule has 1 aliphatic heterocycles. The molecule has 2 aromatic rings. The standard InChI is InChI=1S/C17H22N4O4/c1-11-4-6-20(7-5-11)10-12-8-13(21(22)23)9-14-15(12)19-17(25-3)16(18-14)24-2/h8-9,11H,4-7,10H2,1-3H3. The zero-order chi connectivity index (χ0) is 18.0. The number of benzene rings is 1. The molecule has 1 fully saturated rings. The van der Waals surface area contributed by atoms with E-state index in [2.05, 4.69) is 21.8 Å². The molecule has 25 heavy (non-hydrogen) atoms. The first kappa shape index (κ1) is 17.3. The van der Waals surface area contributed by atoms with Crippen LogP contribution in [0.2, 0.25) is 0 Å². The van der Waals surface area contributed by atoms with Gasteiger partial charge in [-0.25, -0.2) is 9.97 Å². The van der Waals surface area contributed by atoms with Crippen molar-refractivity contribution in [1.82, 2.24) is 14.9 Å². The number of likely N-dealkylation sites (tertiary alicyclic amines) is 1. The van der Waals surface area contributed by atoms with E-state index in [1.54, 1.807) is 6.07 Å². The van der Waals surface area contributed by atoms with E-state index in [9.17, 15) is 10.1 Å². The topological polar surface area (TPSA) is 90.6 Å². The van der Waals surface area contributed by atoms with Crippen LogP contribution in [0.4, 0.5) is 5.69 Å². The third-order valence-electron chi connectivity index (χ3n) is 4.64. The average molecular weight is 346 g/mol. The van der Waals surface area contributed by atoms with Crippen LogP contribution in [0.3, 0.4) is 0 Å². The van der Waals surface area contributed by atoms with Crippen molar-refractivity contribution < 1.29 is 14.4 Å². The molecule has 0 radical (unpaired) electrons. The molecule has 8 nitrogen and oxygen atoms in total. The second-order valence-electron chi connectivity index (χ2n) is 6.43. The number of ether oxygens (including phenoxy) is 2.